The predicted octanol–water partition coefficient (Wildman–Crippen LogP) is 4.59. The Kier molecular flexibility index (Phi) is 5.47. The summed E-state index contributed by atoms with van der Waals surface area (Å²) in [5.74, 6) is 0.625. The SMILES string of the molecule is COc1c(C)cc(/C=C2\SC(=O)N(CCc3ccccc3)C2=O)cc1C. The fraction of sp³-hybridized carbons (Fsp3) is 0.238. The molecule has 0 aliphatic carbocycles. The van der Waals surface area contributed by atoms with E-state index >= 15 is 0 Å². The first-order valence-corrected chi connectivity index (χ1v) is 9.26. The van der Waals surface area contributed by atoms with Crippen LogP contribution in [0.4, 0.5) is 4.79 Å². The topological polar surface area (TPSA) is 46.6 Å². The molecule has 1 aliphatic heterocycles. The molecule has 1 aliphatic rings. The molecule has 1 saturated heterocycles. The highest BCUT2D eigenvalue weighted by Crippen LogP contribution is 2.33. The van der Waals surface area contributed by atoms with Gasteiger partial charge in [-0.25, -0.2) is 0 Å². The van der Waals surface area contributed by atoms with E-state index in [1.54, 1.807) is 13.2 Å². The summed E-state index contributed by atoms with van der Waals surface area (Å²) in [7, 11) is 1.65. The zero-order valence-electron chi connectivity index (χ0n) is 15.1. The quantitative estimate of drug-likeness (QED) is 0.725. The van der Waals surface area contributed by atoms with Crippen molar-refractivity contribution in [3.63, 3.8) is 0 Å². The Labute approximate surface area is 157 Å². The number of carbonyl (C=O) groups excluding carboxylic acids is 2. The van der Waals surface area contributed by atoms with Crippen molar-refractivity contribution in [1.29, 1.82) is 0 Å². The van der Waals surface area contributed by atoms with E-state index in [4.69, 9.17) is 4.74 Å². The molecule has 0 bridgehead atoms. The summed E-state index contributed by atoms with van der Waals surface area (Å²) in [6, 6.07) is 13.8. The lowest BCUT2D eigenvalue weighted by Gasteiger charge is -2.12. The molecular formula is C21H21NO3S. The van der Waals surface area contributed by atoms with Crippen LogP contribution in [0.5, 0.6) is 5.75 Å². The minimum atomic E-state index is -0.220. The maximum absolute atomic E-state index is 12.6. The first-order chi connectivity index (χ1) is 12.5. The van der Waals surface area contributed by atoms with Crippen molar-refractivity contribution in [3.05, 3.63) is 69.6 Å². The van der Waals surface area contributed by atoms with Crippen LogP contribution in [0.1, 0.15) is 22.3 Å². The summed E-state index contributed by atoms with van der Waals surface area (Å²) < 4.78 is 5.37. The molecule has 0 radical (unpaired) electrons. The number of nitrogens with zero attached hydrogens (tertiary/aromatic N) is 1. The summed E-state index contributed by atoms with van der Waals surface area (Å²) in [4.78, 5) is 26.7. The molecule has 0 atom stereocenters. The summed E-state index contributed by atoms with van der Waals surface area (Å²) in [5.41, 5.74) is 4.01. The minimum Gasteiger partial charge on any atom is -0.496 e. The van der Waals surface area contributed by atoms with Crippen LogP contribution in [-0.2, 0) is 11.2 Å². The fourth-order valence-corrected chi connectivity index (χ4v) is 3.98. The lowest BCUT2D eigenvalue weighted by atomic mass is 10.1. The predicted molar refractivity (Wildman–Crippen MR) is 105 cm³/mol. The molecule has 2 amide bonds. The van der Waals surface area contributed by atoms with E-state index in [0.29, 0.717) is 17.9 Å². The van der Waals surface area contributed by atoms with Crippen molar-refractivity contribution in [2.45, 2.75) is 20.3 Å². The molecule has 0 aromatic heterocycles. The molecule has 4 nitrogen and oxygen atoms in total. The average molecular weight is 367 g/mol. The normalized spacial score (nSPS) is 15.8. The van der Waals surface area contributed by atoms with E-state index < -0.39 is 0 Å². The van der Waals surface area contributed by atoms with Crippen LogP contribution in [-0.4, -0.2) is 29.7 Å². The molecule has 134 valence electrons. The maximum atomic E-state index is 12.6. The third-order valence-electron chi connectivity index (χ3n) is 4.33. The smallest absolute Gasteiger partial charge is 0.293 e. The molecule has 0 unspecified atom stereocenters. The zero-order valence-corrected chi connectivity index (χ0v) is 15.9. The highest BCUT2D eigenvalue weighted by atomic mass is 32.2. The van der Waals surface area contributed by atoms with E-state index in [1.165, 1.54) is 4.90 Å². The Morgan fingerprint density at radius 3 is 2.35 bits per heavy atom. The molecule has 26 heavy (non-hydrogen) atoms. The number of aryl methyl sites for hydroxylation is 2. The summed E-state index contributed by atoms with van der Waals surface area (Å²) in [5, 5.41) is -0.209. The summed E-state index contributed by atoms with van der Waals surface area (Å²) >= 11 is 1.00. The molecule has 0 saturated carbocycles. The number of hydrogen-bond donors (Lipinski definition) is 0. The number of ether oxygens (including phenoxy) is 1. The second-order valence-electron chi connectivity index (χ2n) is 6.26. The van der Waals surface area contributed by atoms with Gasteiger partial charge in [0.15, 0.2) is 0 Å². The van der Waals surface area contributed by atoms with Gasteiger partial charge in [-0.3, -0.25) is 14.5 Å². The Hall–Kier alpha value is -2.53. The van der Waals surface area contributed by atoms with E-state index in [-0.39, 0.29) is 11.1 Å². The molecule has 5 heteroatoms. The van der Waals surface area contributed by atoms with Gasteiger partial charge in [-0.1, -0.05) is 30.3 Å². The first-order valence-electron chi connectivity index (χ1n) is 8.44. The summed E-state index contributed by atoms with van der Waals surface area (Å²) in [6.07, 6.45) is 2.44. The lowest BCUT2D eigenvalue weighted by molar-refractivity contribution is -0.122. The molecule has 1 fully saturated rings. The number of amides is 2. The second-order valence-corrected chi connectivity index (χ2v) is 7.25. The third kappa shape index (κ3) is 3.83. The van der Waals surface area contributed by atoms with Gasteiger partial charge in [-0.2, -0.15) is 0 Å². The molecule has 3 rings (SSSR count). The van der Waals surface area contributed by atoms with Crippen molar-refractivity contribution in [3.8, 4) is 5.75 Å². The van der Waals surface area contributed by atoms with Gasteiger partial charge in [0.05, 0.1) is 12.0 Å². The van der Waals surface area contributed by atoms with Crippen LogP contribution < -0.4 is 4.74 Å². The monoisotopic (exact) mass is 367 g/mol. The van der Waals surface area contributed by atoms with Gasteiger partial charge in [0.25, 0.3) is 11.1 Å². The third-order valence-corrected chi connectivity index (χ3v) is 5.23. The van der Waals surface area contributed by atoms with Crippen molar-refractivity contribution in [1.82, 2.24) is 4.90 Å². The number of hydrogen-bond acceptors (Lipinski definition) is 4. The Bertz CT molecular complexity index is 851. The van der Waals surface area contributed by atoms with Gasteiger partial charge in [-0.15, -0.1) is 0 Å². The number of methoxy groups -OCH3 is 1. The van der Waals surface area contributed by atoms with Crippen LogP contribution in [0.2, 0.25) is 0 Å². The Morgan fingerprint density at radius 2 is 1.73 bits per heavy atom. The maximum Gasteiger partial charge on any atom is 0.293 e. The molecule has 2 aromatic rings. The van der Waals surface area contributed by atoms with Gasteiger partial charge in [0, 0.05) is 6.54 Å². The molecule has 1 heterocycles. The van der Waals surface area contributed by atoms with Crippen molar-refractivity contribution < 1.29 is 14.3 Å². The van der Waals surface area contributed by atoms with Crippen LogP contribution in [0.25, 0.3) is 6.08 Å². The van der Waals surface area contributed by atoms with Gasteiger partial charge in [0.1, 0.15) is 5.75 Å². The molecule has 0 N–H and O–H groups in total. The van der Waals surface area contributed by atoms with E-state index in [0.717, 1.165) is 39.8 Å². The number of benzene rings is 2. The van der Waals surface area contributed by atoms with Crippen LogP contribution in [0.3, 0.4) is 0 Å². The van der Waals surface area contributed by atoms with Crippen LogP contribution >= 0.6 is 11.8 Å². The minimum absolute atomic E-state index is 0.209. The highest BCUT2D eigenvalue weighted by molar-refractivity contribution is 8.18. The van der Waals surface area contributed by atoms with Crippen molar-refractivity contribution in [2.24, 2.45) is 0 Å². The fourth-order valence-electron chi connectivity index (χ4n) is 3.12. The average Bonchev–Trinajstić information content (AvgIpc) is 2.87. The summed E-state index contributed by atoms with van der Waals surface area (Å²) in [6.45, 7) is 4.33. The Balaban J connectivity index is 1.77. The Morgan fingerprint density at radius 1 is 1.08 bits per heavy atom. The first kappa shape index (κ1) is 18.3. The van der Waals surface area contributed by atoms with E-state index in [2.05, 4.69) is 0 Å². The van der Waals surface area contributed by atoms with Crippen LogP contribution in [0, 0.1) is 13.8 Å². The lowest BCUT2D eigenvalue weighted by Crippen LogP contribution is -2.30. The van der Waals surface area contributed by atoms with Gasteiger partial charge >= 0.3 is 0 Å². The van der Waals surface area contributed by atoms with Gasteiger partial charge in [-0.05, 0) is 72.5 Å². The van der Waals surface area contributed by atoms with Crippen LogP contribution in [0.15, 0.2) is 47.4 Å². The molecule has 2 aromatic carbocycles. The van der Waals surface area contributed by atoms with Gasteiger partial charge < -0.3 is 4.74 Å². The number of rotatable bonds is 5. The molecular weight excluding hydrogens is 346 g/mol. The number of carbonyl (C=O) groups is 2. The van der Waals surface area contributed by atoms with Crippen molar-refractivity contribution >= 4 is 29.0 Å². The van der Waals surface area contributed by atoms with Gasteiger partial charge in [0.2, 0.25) is 0 Å². The highest BCUT2D eigenvalue weighted by Gasteiger charge is 2.34. The molecule has 0 spiro atoms. The number of imide groups is 1. The van der Waals surface area contributed by atoms with Crippen molar-refractivity contribution in [2.75, 3.05) is 13.7 Å². The second kappa shape index (κ2) is 7.79. The zero-order chi connectivity index (χ0) is 18.7. The standard InChI is InChI=1S/C21H21NO3S/c1-14-11-17(12-15(2)19(14)25-3)13-18-20(23)22(21(24)26-18)10-9-16-7-5-4-6-8-16/h4-8,11-13H,9-10H2,1-3H3/b18-13-. The largest absolute Gasteiger partial charge is 0.496 e. The number of thioether (sulfide) groups is 1. The van der Waals surface area contributed by atoms with E-state index in [9.17, 15) is 9.59 Å². The van der Waals surface area contributed by atoms with E-state index in [1.807, 2.05) is 56.3 Å².